The molecule has 4 rings (SSSR count). The van der Waals surface area contributed by atoms with Gasteiger partial charge in [0.15, 0.2) is 11.0 Å². The lowest BCUT2D eigenvalue weighted by Crippen LogP contribution is -2.30. The molecule has 36 heavy (non-hydrogen) atoms. The van der Waals surface area contributed by atoms with Crippen LogP contribution in [-0.2, 0) is 10.5 Å². The van der Waals surface area contributed by atoms with Gasteiger partial charge >= 0.3 is 6.61 Å². The van der Waals surface area contributed by atoms with Gasteiger partial charge in [0, 0.05) is 23.0 Å². The first-order valence-corrected chi connectivity index (χ1v) is 12.0. The molecule has 1 aliphatic heterocycles. The largest absolute Gasteiger partial charge is 0.494 e. The number of aliphatic imine (C=N–C) groups is 1. The van der Waals surface area contributed by atoms with Crippen LogP contribution >= 0.6 is 11.8 Å². The number of rotatable bonds is 9. The molecule has 1 aromatic heterocycles. The molecule has 0 aliphatic carbocycles. The van der Waals surface area contributed by atoms with E-state index in [2.05, 4.69) is 9.73 Å². The number of hydrogen-bond donors (Lipinski definition) is 0. The van der Waals surface area contributed by atoms with Crippen molar-refractivity contribution >= 4 is 40.4 Å². The van der Waals surface area contributed by atoms with Crippen molar-refractivity contribution in [2.45, 2.75) is 26.2 Å². The summed E-state index contributed by atoms with van der Waals surface area (Å²) < 4.78 is 40.5. The Hall–Kier alpha value is -3.92. The van der Waals surface area contributed by atoms with E-state index in [1.54, 1.807) is 30.3 Å². The predicted molar refractivity (Wildman–Crippen MR) is 134 cm³/mol. The molecule has 0 unspecified atom stereocenters. The molecule has 10 heteroatoms. The maximum absolute atomic E-state index is 13.3. The molecular weight excluding hydrogens is 490 g/mol. The minimum atomic E-state index is -2.95. The van der Waals surface area contributed by atoms with E-state index in [0.717, 1.165) is 5.56 Å². The standard InChI is InChI=1S/C26H22F2N2O5S/c1-3-33-23-11-6-17(16(2)31)13-18(23)15-36-26-29-22(14-21-5-4-12-34-21)24(32)30(26)19-7-9-20(10-8-19)35-25(27)28/h4-14,25H,3,15H2,1-2H3/b22-14+. The first-order chi connectivity index (χ1) is 17.4. The fourth-order valence-corrected chi connectivity index (χ4v) is 4.45. The van der Waals surface area contributed by atoms with E-state index >= 15 is 0 Å². The van der Waals surface area contributed by atoms with Crippen LogP contribution < -0.4 is 14.4 Å². The average Bonchev–Trinajstić information content (AvgIpc) is 3.47. The van der Waals surface area contributed by atoms with Crippen LogP contribution in [0.15, 0.2) is 76.0 Å². The molecule has 7 nitrogen and oxygen atoms in total. The van der Waals surface area contributed by atoms with Crippen molar-refractivity contribution in [2.24, 2.45) is 4.99 Å². The van der Waals surface area contributed by atoms with E-state index in [1.807, 2.05) is 6.92 Å². The fourth-order valence-electron chi connectivity index (χ4n) is 3.46. The van der Waals surface area contributed by atoms with E-state index in [-0.39, 0.29) is 17.2 Å². The highest BCUT2D eigenvalue weighted by molar-refractivity contribution is 8.13. The van der Waals surface area contributed by atoms with Crippen molar-refractivity contribution in [2.75, 3.05) is 11.5 Å². The molecule has 0 fully saturated rings. The van der Waals surface area contributed by atoms with Gasteiger partial charge in [-0.05, 0) is 68.4 Å². The Labute approximate surface area is 210 Å². The number of halogens is 2. The van der Waals surface area contributed by atoms with E-state index in [0.29, 0.717) is 40.3 Å². The summed E-state index contributed by atoms with van der Waals surface area (Å²) >= 11 is 1.28. The zero-order valence-electron chi connectivity index (χ0n) is 19.4. The van der Waals surface area contributed by atoms with Gasteiger partial charge in [-0.1, -0.05) is 11.8 Å². The van der Waals surface area contributed by atoms with Crippen LogP contribution in [0.1, 0.15) is 35.5 Å². The topological polar surface area (TPSA) is 81.3 Å². The highest BCUT2D eigenvalue weighted by Crippen LogP contribution is 2.34. The van der Waals surface area contributed by atoms with Crippen LogP contribution in [0, 0.1) is 0 Å². The molecule has 0 N–H and O–H groups in total. The first kappa shape index (κ1) is 25.2. The zero-order chi connectivity index (χ0) is 25.7. The molecule has 1 aliphatic rings. The molecule has 186 valence electrons. The Kier molecular flexibility index (Phi) is 7.84. The average molecular weight is 513 g/mol. The lowest BCUT2D eigenvalue weighted by molar-refractivity contribution is -0.113. The number of furan rings is 1. The molecule has 2 heterocycles. The Balaban J connectivity index is 1.65. The Bertz CT molecular complexity index is 1300. The van der Waals surface area contributed by atoms with Crippen molar-refractivity contribution in [1.29, 1.82) is 0 Å². The van der Waals surface area contributed by atoms with E-state index in [4.69, 9.17) is 9.15 Å². The summed E-state index contributed by atoms with van der Waals surface area (Å²) in [5, 5.41) is 0.371. The van der Waals surface area contributed by atoms with Gasteiger partial charge in [-0.15, -0.1) is 0 Å². The number of hydrogen-bond acceptors (Lipinski definition) is 7. The van der Waals surface area contributed by atoms with Gasteiger partial charge in [0.2, 0.25) is 0 Å². The Morgan fingerprint density at radius 2 is 1.97 bits per heavy atom. The predicted octanol–water partition coefficient (Wildman–Crippen LogP) is 6.16. The van der Waals surface area contributed by atoms with Crippen LogP contribution in [0.4, 0.5) is 14.5 Å². The summed E-state index contributed by atoms with van der Waals surface area (Å²) in [5.74, 6) is 0.945. The Morgan fingerprint density at radius 1 is 1.19 bits per heavy atom. The summed E-state index contributed by atoms with van der Waals surface area (Å²) in [7, 11) is 0. The second kappa shape index (κ2) is 11.2. The van der Waals surface area contributed by atoms with E-state index in [9.17, 15) is 18.4 Å². The quantitative estimate of drug-likeness (QED) is 0.252. The molecule has 3 aromatic rings. The molecule has 2 aromatic carbocycles. The van der Waals surface area contributed by atoms with Crippen LogP contribution in [0.3, 0.4) is 0 Å². The second-order valence-electron chi connectivity index (χ2n) is 7.55. The molecule has 0 saturated heterocycles. The minimum absolute atomic E-state index is 0.0275. The number of thioether (sulfide) groups is 1. The number of Topliss-reactive ketones (excluding diaryl/α,β-unsaturated/α-hetero) is 1. The molecule has 0 radical (unpaired) electrons. The van der Waals surface area contributed by atoms with Gasteiger partial charge in [-0.3, -0.25) is 14.5 Å². The third-order valence-corrected chi connectivity index (χ3v) is 6.08. The van der Waals surface area contributed by atoms with Crippen LogP contribution in [0.2, 0.25) is 0 Å². The summed E-state index contributed by atoms with van der Waals surface area (Å²) in [6.45, 7) is 0.849. The number of alkyl halides is 2. The van der Waals surface area contributed by atoms with Crippen molar-refractivity contribution in [3.63, 3.8) is 0 Å². The molecule has 0 saturated carbocycles. The summed E-state index contributed by atoms with van der Waals surface area (Å²) in [6.07, 6.45) is 3.02. The van der Waals surface area contributed by atoms with Gasteiger partial charge < -0.3 is 13.9 Å². The number of anilines is 1. The number of nitrogens with zero attached hydrogens (tertiary/aromatic N) is 2. The van der Waals surface area contributed by atoms with E-state index < -0.39 is 12.5 Å². The molecule has 0 spiro atoms. The van der Waals surface area contributed by atoms with Crippen LogP contribution in [-0.4, -0.2) is 30.1 Å². The Morgan fingerprint density at radius 3 is 2.61 bits per heavy atom. The second-order valence-corrected chi connectivity index (χ2v) is 8.50. The third kappa shape index (κ3) is 5.83. The minimum Gasteiger partial charge on any atom is -0.494 e. The number of ketones is 1. The van der Waals surface area contributed by atoms with Gasteiger partial charge in [-0.2, -0.15) is 8.78 Å². The van der Waals surface area contributed by atoms with Gasteiger partial charge in [0.25, 0.3) is 5.91 Å². The summed E-state index contributed by atoms with van der Waals surface area (Å²) in [6, 6.07) is 14.3. The summed E-state index contributed by atoms with van der Waals surface area (Å²) in [5.41, 5.74) is 1.90. The summed E-state index contributed by atoms with van der Waals surface area (Å²) in [4.78, 5) is 31.1. The lowest BCUT2D eigenvalue weighted by atomic mass is 10.1. The van der Waals surface area contributed by atoms with Crippen molar-refractivity contribution in [3.05, 3.63) is 83.4 Å². The highest BCUT2D eigenvalue weighted by Gasteiger charge is 2.32. The normalized spacial score (nSPS) is 14.5. The lowest BCUT2D eigenvalue weighted by Gasteiger charge is -2.19. The van der Waals surface area contributed by atoms with Crippen molar-refractivity contribution < 1.29 is 32.3 Å². The van der Waals surface area contributed by atoms with Crippen molar-refractivity contribution in [1.82, 2.24) is 0 Å². The monoisotopic (exact) mass is 512 g/mol. The fraction of sp³-hybridized carbons (Fsp3) is 0.192. The van der Waals surface area contributed by atoms with Gasteiger partial charge in [0.05, 0.1) is 18.6 Å². The number of ether oxygens (including phenoxy) is 2. The smallest absolute Gasteiger partial charge is 0.387 e. The number of carbonyl (C=O) groups excluding carboxylic acids is 2. The number of benzene rings is 2. The zero-order valence-corrected chi connectivity index (χ0v) is 20.3. The highest BCUT2D eigenvalue weighted by atomic mass is 32.2. The molecule has 1 amide bonds. The maximum Gasteiger partial charge on any atom is 0.387 e. The van der Waals surface area contributed by atoms with Gasteiger partial charge in [-0.25, -0.2) is 4.99 Å². The maximum atomic E-state index is 13.3. The van der Waals surface area contributed by atoms with Gasteiger partial charge in [0.1, 0.15) is 23.0 Å². The number of amidine groups is 1. The SMILES string of the molecule is CCOc1ccc(C(C)=O)cc1CSC1=N/C(=C/c2ccco2)C(=O)N1c1ccc(OC(F)F)cc1. The van der Waals surface area contributed by atoms with E-state index in [1.165, 1.54) is 60.2 Å². The first-order valence-electron chi connectivity index (χ1n) is 11.0. The molecule has 0 atom stereocenters. The third-order valence-electron chi connectivity index (χ3n) is 5.10. The number of amides is 1. The molecule has 0 bridgehead atoms. The molecular formula is C26H22F2N2O5S. The number of carbonyl (C=O) groups is 2. The van der Waals surface area contributed by atoms with Crippen LogP contribution in [0.5, 0.6) is 11.5 Å². The van der Waals surface area contributed by atoms with Crippen LogP contribution in [0.25, 0.3) is 6.08 Å². The van der Waals surface area contributed by atoms with Crippen molar-refractivity contribution in [3.8, 4) is 11.5 Å².